The molecule has 1 aliphatic carbocycles. The van der Waals surface area contributed by atoms with Gasteiger partial charge in [-0.3, -0.25) is 4.90 Å². The molecule has 0 bridgehead atoms. The Hall–Kier alpha value is -0.0151. The van der Waals surface area contributed by atoms with Crippen molar-refractivity contribution >= 4 is 7.85 Å². The van der Waals surface area contributed by atoms with Gasteiger partial charge in [0, 0.05) is 12.1 Å². The maximum absolute atomic E-state index is 6.73. The molecule has 3 fully saturated rings. The van der Waals surface area contributed by atoms with Gasteiger partial charge < -0.3 is 4.74 Å². The first-order valence-electron chi connectivity index (χ1n) is 10.0. The van der Waals surface area contributed by atoms with Crippen LogP contribution in [0.15, 0.2) is 0 Å². The highest BCUT2D eigenvalue weighted by molar-refractivity contribution is 6.15. The standard InChI is InChI=1S/C20H36BNO/c1-5-19(21)9-6-7-18-17(11-16(4)12-19)8-10-20(13-23-14-20)22(18)15(2)3/h15-18H,5-14H2,1-4H3. The van der Waals surface area contributed by atoms with Gasteiger partial charge in [-0.05, 0) is 51.4 Å². The molecule has 2 saturated heterocycles. The summed E-state index contributed by atoms with van der Waals surface area (Å²) in [5.41, 5.74) is 0.358. The summed E-state index contributed by atoms with van der Waals surface area (Å²) in [6.45, 7) is 11.4. The predicted octanol–water partition coefficient (Wildman–Crippen LogP) is 4.58. The Kier molecular flexibility index (Phi) is 5.19. The van der Waals surface area contributed by atoms with Gasteiger partial charge in [0.05, 0.1) is 26.6 Å². The van der Waals surface area contributed by atoms with Gasteiger partial charge in [-0.1, -0.05) is 44.8 Å². The van der Waals surface area contributed by atoms with E-state index in [0.29, 0.717) is 11.6 Å². The Labute approximate surface area is 145 Å². The lowest BCUT2D eigenvalue weighted by molar-refractivity contribution is -0.195. The van der Waals surface area contributed by atoms with Gasteiger partial charge in [-0.25, -0.2) is 0 Å². The molecule has 3 heteroatoms. The van der Waals surface area contributed by atoms with Crippen molar-refractivity contribution in [2.45, 2.75) is 102 Å². The van der Waals surface area contributed by atoms with Crippen LogP contribution < -0.4 is 0 Å². The fourth-order valence-corrected chi connectivity index (χ4v) is 5.95. The zero-order valence-electron chi connectivity index (χ0n) is 15.8. The third-order valence-electron chi connectivity index (χ3n) is 7.07. The van der Waals surface area contributed by atoms with Crippen LogP contribution >= 0.6 is 0 Å². The molecular weight excluding hydrogens is 281 g/mol. The van der Waals surface area contributed by atoms with Gasteiger partial charge in [0.1, 0.15) is 0 Å². The lowest BCUT2D eigenvalue weighted by atomic mass is 9.60. The number of ether oxygens (including phenoxy) is 1. The van der Waals surface area contributed by atoms with Gasteiger partial charge in [0.2, 0.25) is 0 Å². The van der Waals surface area contributed by atoms with Gasteiger partial charge in [0.25, 0.3) is 0 Å². The summed E-state index contributed by atoms with van der Waals surface area (Å²) in [4.78, 5) is 2.87. The van der Waals surface area contributed by atoms with E-state index in [0.717, 1.165) is 37.5 Å². The molecule has 4 unspecified atom stereocenters. The predicted molar refractivity (Wildman–Crippen MR) is 98.0 cm³/mol. The first kappa shape index (κ1) is 17.8. The summed E-state index contributed by atoms with van der Waals surface area (Å²) in [7, 11) is 6.73. The number of rotatable bonds is 2. The first-order chi connectivity index (χ1) is 10.9. The number of hydrogen-bond donors (Lipinski definition) is 0. The van der Waals surface area contributed by atoms with Crippen LogP contribution in [0.25, 0.3) is 0 Å². The van der Waals surface area contributed by atoms with Crippen LogP contribution in [0, 0.1) is 11.8 Å². The monoisotopic (exact) mass is 317 g/mol. The van der Waals surface area contributed by atoms with Crippen LogP contribution in [0.3, 0.4) is 0 Å². The maximum atomic E-state index is 6.73. The average molecular weight is 317 g/mol. The maximum Gasteiger partial charge on any atom is 0.0746 e. The fraction of sp³-hybridized carbons (Fsp3) is 1.00. The molecule has 130 valence electrons. The van der Waals surface area contributed by atoms with Crippen molar-refractivity contribution in [1.82, 2.24) is 4.90 Å². The average Bonchev–Trinajstić information content (AvgIpc) is 2.51. The molecule has 0 aromatic carbocycles. The van der Waals surface area contributed by atoms with E-state index in [4.69, 9.17) is 12.6 Å². The van der Waals surface area contributed by atoms with Crippen LogP contribution in [0.5, 0.6) is 0 Å². The van der Waals surface area contributed by atoms with Crippen molar-refractivity contribution in [3.8, 4) is 0 Å². The molecule has 3 aliphatic rings. The first-order valence-corrected chi connectivity index (χ1v) is 10.0. The SMILES string of the molecule is [B]C1(CC)CCCC2C(CCC3(COC3)N2C(C)C)CC(C)C1. The van der Waals surface area contributed by atoms with Gasteiger partial charge in [-0.2, -0.15) is 0 Å². The number of likely N-dealkylation sites (tertiary alicyclic amines) is 1. The molecule has 0 N–H and O–H groups in total. The van der Waals surface area contributed by atoms with E-state index in [2.05, 4.69) is 32.6 Å². The summed E-state index contributed by atoms with van der Waals surface area (Å²) in [6.07, 6.45) is 10.2. The van der Waals surface area contributed by atoms with E-state index >= 15 is 0 Å². The van der Waals surface area contributed by atoms with Crippen LogP contribution in [0.1, 0.15) is 79.1 Å². The van der Waals surface area contributed by atoms with E-state index in [1.54, 1.807) is 0 Å². The summed E-state index contributed by atoms with van der Waals surface area (Å²) >= 11 is 0. The normalized spacial score (nSPS) is 41.7. The minimum atomic E-state index is 0.0762. The molecule has 2 heterocycles. The van der Waals surface area contributed by atoms with Crippen LogP contribution in [-0.4, -0.2) is 43.6 Å². The van der Waals surface area contributed by atoms with Crippen molar-refractivity contribution in [3.05, 3.63) is 0 Å². The smallest absolute Gasteiger partial charge is 0.0746 e. The van der Waals surface area contributed by atoms with Crippen molar-refractivity contribution in [2.75, 3.05) is 13.2 Å². The van der Waals surface area contributed by atoms with Crippen LogP contribution in [0.4, 0.5) is 0 Å². The van der Waals surface area contributed by atoms with Crippen molar-refractivity contribution in [2.24, 2.45) is 11.8 Å². The van der Waals surface area contributed by atoms with E-state index in [-0.39, 0.29) is 5.31 Å². The zero-order chi connectivity index (χ0) is 16.7. The van der Waals surface area contributed by atoms with Crippen LogP contribution in [0.2, 0.25) is 5.31 Å². The van der Waals surface area contributed by atoms with E-state index in [1.807, 2.05) is 0 Å². The topological polar surface area (TPSA) is 12.5 Å². The fourth-order valence-electron chi connectivity index (χ4n) is 5.95. The van der Waals surface area contributed by atoms with E-state index in [9.17, 15) is 0 Å². The van der Waals surface area contributed by atoms with Crippen molar-refractivity contribution in [1.29, 1.82) is 0 Å². The lowest BCUT2D eigenvalue weighted by Gasteiger charge is -2.60. The second kappa shape index (κ2) is 6.71. The summed E-state index contributed by atoms with van der Waals surface area (Å²) < 4.78 is 5.67. The zero-order valence-corrected chi connectivity index (χ0v) is 15.8. The Morgan fingerprint density at radius 2 is 1.96 bits per heavy atom. The molecule has 2 aliphatic heterocycles. The van der Waals surface area contributed by atoms with E-state index in [1.165, 1.54) is 44.9 Å². The number of nitrogens with zero attached hydrogens (tertiary/aromatic N) is 1. The van der Waals surface area contributed by atoms with Gasteiger partial charge >= 0.3 is 0 Å². The Balaban J connectivity index is 1.81. The summed E-state index contributed by atoms with van der Waals surface area (Å²) in [6, 6.07) is 1.37. The highest BCUT2D eigenvalue weighted by Crippen LogP contribution is 2.49. The molecular formula is C20H36BNO. The van der Waals surface area contributed by atoms with E-state index < -0.39 is 0 Å². The molecule has 1 saturated carbocycles. The molecule has 3 rings (SSSR count). The van der Waals surface area contributed by atoms with Crippen LogP contribution in [-0.2, 0) is 4.74 Å². The molecule has 1 spiro atoms. The quantitative estimate of drug-likeness (QED) is 0.691. The molecule has 2 nitrogen and oxygen atoms in total. The highest BCUT2D eigenvalue weighted by Gasteiger charge is 2.52. The molecule has 4 atom stereocenters. The largest absolute Gasteiger partial charge is 0.377 e. The molecule has 0 aromatic rings. The lowest BCUT2D eigenvalue weighted by Crippen LogP contribution is -2.70. The number of piperidine rings is 1. The Morgan fingerprint density at radius 1 is 1.22 bits per heavy atom. The van der Waals surface area contributed by atoms with Gasteiger partial charge in [-0.15, -0.1) is 0 Å². The minimum Gasteiger partial charge on any atom is -0.377 e. The summed E-state index contributed by atoms with van der Waals surface area (Å²) in [5, 5.41) is 0.0762. The second-order valence-corrected chi connectivity index (χ2v) is 9.24. The Morgan fingerprint density at radius 3 is 2.52 bits per heavy atom. The third kappa shape index (κ3) is 3.38. The van der Waals surface area contributed by atoms with Crippen molar-refractivity contribution in [3.63, 3.8) is 0 Å². The van der Waals surface area contributed by atoms with Gasteiger partial charge in [0.15, 0.2) is 0 Å². The Bertz CT molecular complexity index is 408. The third-order valence-corrected chi connectivity index (χ3v) is 7.07. The highest BCUT2D eigenvalue weighted by atomic mass is 16.5. The van der Waals surface area contributed by atoms with Crippen molar-refractivity contribution < 1.29 is 4.74 Å². The minimum absolute atomic E-state index is 0.0762. The molecule has 0 amide bonds. The molecule has 2 radical (unpaired) electrons. The second-order valence-electron chi connectivity index (χ2n) is 9.24. The number of fused-ring (bicyclic) bond motifs is 1. The molecule has 0 aromatic heterocycles. The molecule has 23 heavy (non-hydrogen) atoms. The summed E-state index contributed by atoms with van der Waals surface area (Å²) in [5.74, 6) is 1.61. The number of hydrogen-bond acceptors (Lipinski definition) is 2.